The van der Waals surface area contributed by atoms with E-state index < -0.39 is 55.4 Å². The molecule has 1 amide bonds. The van der Waals surface area contributed by atoms with Crippen LogP contribution in [-0.4, -0.2) is 91.9 Å². The molecule has 0 aromatic heterocycles. The Kier molecular flexibility index (Phi) is 42.7. The van der Waals surface area contributed by atoms with Gasteiger partial charge in [-0.05, 0) is 25.7 Å². The Hall–Kier alpha value is -0.810. The Labute approximate surface area is 395 Å². The van der Waals surface area contributed by atoms with Crippen molar-refractivity contribution in [1.82, 2.24) is 5.32 Å². The van der Waals surface area contributed by atoms with Crippen molar-refractivity contribution < 1.29 is 40.2 Å². The van der Waals surface area contributed by atoms with Crippen LogP contribution in [0.25, 0.3) is 0 Å². The van der Waals surface area contributed by atoms with Crippen LogP contribution in [0.2, 0.25) is 0 Å². The van der Waals surface area contributed by atoms with E-state index in [0.717, 1.165) is 38.5 Å². The van der Waals surface area contributed by atoms with Crippen molar-refractivity contribution in [2.45, 2.75) is 339 Å². The van der Waals surface area contributed by atoms with Gasteiger partial charge in [0.05, 0.1) is 31.0 Å². The van der Waals surface area contributed by atoms with Crippen molar-refractivity contribution in [2.75, 3.05) is 6.61 Å². The second-order valence-electron chi connectivity index (χ2n) is 20.3. The highest BCUT2D eigenvalue weighted by Gasteiger charge is 2.43. The minimum Gasteiger partial charge on any atom is -0.394 e. The Morgan fingerprint density at radius 1 is 0.438 bits per heavy atom. The maximum absolute atomic E-state index is 13.1. The van der Waals surface area contributed by atoms with Crippen molar-refractivity contribution in [3.05, 3.63) is 0 Å². The molecule has 1 aliphatic rings. The van der Waals surface area contributed by atoms with Crippen LogP contribution in [0.4, 0.5) is 0 Å². The predicted molar refractivity (Wildman–Crippen MR) is 268 cm³/mol. The molecule has 1 heterocycles. The van der Waals surface area contributed by atoms with Crippen LogP contribution < -0.4 is 5.32 Å². The first-order valence-electron chi connectivity index (χ1n) is 28.2. The number of aliphatic hydroxyl groups excluding tert-OH is 6. The van der Waals surface area contributed by atoms with Crippen molar-refractivity contribution in [1.29, 1.82) is 0 Å². The van der Waals surface area contributed by atoms with Crippen LogP contribution in [0.5, 0.6) is 0 Å². The molecule has 1 aliphatic heterocycles. The third-order valence-electron chi connectivity index (χ3n) is 14.3. The average Bonchev–Trinajstić information content (AvgIpc) is 3.29. The lowest BCUT2D eigenvalue weighted by atomic mass is 9.90. The lowest BCUT2D eigenvalue weighted by molar-refractivity contribution is -0.231. The molecule has 9 heteroatoms. The molecule has 0 saturated carbocycles. The topological polar surface area (TPSA) is 160 Å². The van der Waals surface area contributed by atoms with E-state index in [0.29, 0.717) is 12.8 Å². The largest absolute Gasteiger partial charge is 0.394 e. The SMILES string of the molecule is CCCCCCCCCCCCCCCCCCCCCCCCCCCCCC(=O)N[C@@H](CC[C@H]1O[C@H](CO)[C@H](O)[C@H](O)[C@H]1O)[C@@H](O)[C@H](O)CCCCCCCCCCCCCC. The van der Waals surface area contributed by atoms with Gasteiger partial charge in [0.25, 0.3) is 0 Å². The highest BCUT2D eigenvalue weighted by molar-refractivity contribution is 5.76. The zero-order chi connectivity index (χ0) is 46.7. The monoisotopic (exact) mass is 912 g/mol. The van der Waals surface area contributed by atoms with E-state index in [-0.39, 0.29) is 18.7 Å². The zero-order valence-electron chi connectivity index (χ0n) is 42.2. The molecular formula is C55H109NO8. The summed E-state index contributed by atoms with van der Waals surface area (Å²) in [6.07, 6.45) is 43.5. The minimum absolute atomic E-state index is 0.161. The fourth-order valence-corrected chi connectivity index (χ4v) is 9.78. The number of hydrogen-bond acceptors (Lipinski definition) is 8. The van der Waals surface area contributed by atoms with Crippen molar-refractivity contribution in [2.24, 2.45) is 0 Å². The molecule has 9 nitrogen and oxygen atoms in total. The lowest BCUT2D eigenvalue weighted by Crippen LogP contribution is -2.59. The van der Waals surface area contributed by atoms with Crippen LogP contribution in [0.15, 0.2) is 0 Å². The molecule has 0 bridgehead atoms. The molecule has 0 aromatic rings. The van der Waals surface area contributed by atoms with Gasteiger partial charge in [0, 0.05) is 6.42 Å². The molecule has 0 aliphatic carbocycles. The van der Waals surface area contributed by atoms with Gasteiger partial charge in [-0.15, -0.1) is 0 Å². The summed E-state index contributed by atoms with van der Waals surface area (Å²) in [5.41, 5.74) is 0. The molecule has 8 atom stereocenters. The maximum atomic E-state index is 13.1. The summed E-state index contributed by atoms with van der Waals surface area (Å²) in [4.78, 5) is 13.1. The van der Waals surface area contributed by atoms with E-state index in [1.54, 1.807) is 0 Å². The summed E-state index contributed by atoms with van der Waals surface area (Å²) < 4.78 is 5.70. The molecule has 0 spiro atoms. The first-order valence-corrected chi connectivity index (χ1v) is 28.2. The van der Waals surface area contributed by atoms with Gasteiger partial charge in [-0.25, -0.2) is 0 Å². The molecule has 1 fully saturated rings. The van der Waals surface area contributed by atoms with Gasteiger partial charge in [0.2, 0.25) is 5.91 Å². The number of hydrogen-bond donors (Lipinski definition) is 7. The van der Waals surface area contributed by atoms with Crippen molar-refractivity contribution in [3.8, 4) is 0 Å². The molecular weight excluding hydrogens is 803 g/mol. The number of aliphatic hydroxyl groups is 6. The number of amides is 1. The number of rotatable bonds is 48. The molecule has 64 heavy (non-hydrogen) atoms. The first-order chi connectivity index (χ1) is 31.3. The number of unbranched alkanes of at least 4 members (excludes halogenated alkanes) is 37. The van der Waals surface area contributed by atoms with E-state index in [1.807, 2.05) is 0 Å². The molecule has 0 aromatic carbocycles. The highest BCUT2D eigenvalue weighted by Crippen LogP contribution is 2.26. The van der Waals surface area contributed by atoms with Gasteiger partial charge < -0.3 is 40.7 Å². The number of ether oxygens (including phenoxy) is 1. The second kappa shape index (κ2) is 44.7. The normalized spacial score (nSPS) is 20.4. The zero-order valence-corrected chi connectivity index (χ0v) is 42.2. The first kappa shape index (κ1) is 61.2. The van der Waals surface area contributed by atoms with Gasteiger partial charge in [0.15, 0.2) is 0 Å². The van der Waals surface area contributed by atoms with Crippen molar-refractivity contribution in [3.63, 3.8) is 0 Å². The molecule has 7 N–H and O–H groups in total. The number of carbonyl (C=O) groups excluding carboxylic acids is 1. The van der Waals surface area contributed by atoms with Crippen LogP contribution in [0, 0.1) is 0 Å². The van der Waals surface area contributed by atoms with Gasteiger partial charge in [0.1, 0.15) is 24.4 Å². The smallest absolute Gasteiger partial charge is 0.220 e. The van der Waals surface area contributed by atoms with E-state index >= 15 is 0 Å². The molecule has 382 valence electrons. The highest BCUT2D eigenvalue weighted by atomic mass is 16.5. The second-order valence-corrected chi connectivity index (χ2v) is 20.3. The molecule has 1 saturated heterocycles. The van der Waals surface area contributed by atoms with Crippen LogP contribution in [0.3, 0.4) is 0 Å². The van der Waals surface area contributed by atoms with Gasteiger partial charge in [-0.1, -0.05) is 258 Å². The third-order valence-corrected chi connectivity index (χ3v) is 14.3. The van der Waals surface area contributed by atoms with Crippen LogP contribution in [-0.2, 0) is 9.53 Å². The third kappa shape index (κ3) is 33.6. The fraction of sp³-hybridized carbons (Fsp3) is 0.982. The van der Waals surface area contributed by atoms with Gasteiger partial charge in [-0.3, -0.25) is 4.79 Å². The van der Waals surface area contributed by atoms with E-state index in [2.05, 4.69) is 19.2 Å². The Balaban J connectivity index is 2.19. The number of nitrogens with one attached hydrogen (secondary N) is 1. The molecule has 0 radical (unpaired) electrons. The summed E-state index contributed by atoms with van der Waals surface area (Å²) >= 11 is 0. The van der Waals surface area contributed by atoms with Crippen molar-refractivity contribution >= 4 is 5.91 Å². The predicted octanol–water partition coefficient (Wildman–Crippen LogP) is 12.8. The van der Waals surface area contributed by atoms with Gasteiger partial charge in [-0.2, -0.15) is 0 Å². The van der Waals surface area contributed by atoms with Gasteiger partial charge >= 0.3 is 0 Å². The van der Waals surface area contributed by atoms with E-state index in [4.69, 9.17) is 4.74 Å². The fourth-order valence-electron chi connectivity index (χ4n) is 9.78. The lowest BCUT2D eigenvalue weighted by Gasteiger charge is -2.40. The Morgan fingerprint density at radius 3 is 1.09 bits per heavy atom. The van der Waals surface area contributed by atoms with Crippen LogP contribution >= 0.6 is 0 Å². The summed E-state index contributed by atoms with van der Waals surface area (Å²) in [5.74, 6) is -0.171. The van der Waals surface area contributed by atoms with E-state index in [1.165, 1.54) is 212 Å². The quantitative estimate of drug-likeness (QED) is 0.0297. The van der Waals surface area contributed by atoms with Crippen LogP contribution in [0.1, 0.15) is 290 Å². The maximum Gasteiger partial charge on any atom is 0.220 e. The Bertz CT molecular complexity index is 986. The summed E-state index contributed by atoms with van der Waals surface area (Å²) in [7, 11) is 0. The van der Waals surface area contributed by atoms with E-state index in [9.17, 15) is 35.4 Å². The summed E-state index contributed by atoms with van der Waals surface area (Å²) in [5, 5.41) is 65.9. The summed E-state index contributed by atoms with van der Waals surface area (Å²) in [6, 6.07) is -0.763. The molecule has 0 unspecified atom stereocenters. The standard InChI is InChI=1S/C55H109NO8/c1-3-5-7-9-11-13-15-17-18-19-20-21-22-23-24-25-26-27-28-29-30-31-33-35-37-39-41-43-51(59)56-47(44-45-49-53(61)55(63)54(62)50(46-57)64-49)52(60)48(58)42-40-38-36-34-32-16-14-12-10-8-6-4-2/h47-50,52-55,57-58,60-63H,3-46H2,1-2H3,(H,56,59)/t47-,48+,49+,50+,52+,53-,54-,55+/m0/s1. The Morgan fingerprint density at radius 2 is 0.750 bits per heavy atom. The summed E-state index contributed by atoms with van der Waals surface area (Å²) in [6.45, 7) is 4.02. The average molecular weight is 912 g/mol. The number of carbonyl (C=O) groups is 1. The molecule has 1 rings (SSSR count). The minimum atomic E-state index is -1.48.